The molecule has 180 valence electrons. The lowest BCUT2D eigenvalue weighted by molar-refractivity contribution is -0.384. The van der Waals surface area contributed by atoms with Gasteiger partial charge in [-0.1, -0.05) is 29.5 Å². The minimum Gasteiger partial charge on any atom is -0.494 e. The molecule has 0 spiro atoms. The maximum atomic E-state index is 13.1. The molecule has 0 radical (unpaired) electrons. The van der Waals surface area contributed by atoms with Gasteiger partial charge in [-0.15, -0.1) is 0 Å². The summed E-state index contributed by atoms with van der Waals surface area (Å²) in [5.41, 5.74) is 1.01. The fraction of sp³-hybridized carbons (Fsp3) is 0.130. The van der Waals surface area contributed by atoms with Crippen molar-refractivity contribution in [3.63, 3.8) is 0 Å². The van der Waals surface area contributed by atoms with Crippen LogP contribution in [-0.4, -0.2) is 37.9 Å². The van der Waals surface area contributed by atoms with Crippen molar-refractivity contribution in [3.8, 4) is 5.75 Å². The Kier molecular flexibility index (Phi) is 6.67. The fourth-order valence-electron chi connectivity index (χ4n) is 3.46. The molecule has 1 aromatic heterocycles. The number of non-ortho nitro benzene ring substituents is 1. The van der Waals surface area contributed by atoms with E-state index in [-0.39, 0.29) is 33.6 Å². The summed E-state index contributed by atoms with van der Waals surface area (Å²) in [5.74, 6) is -0.281. The molecule has 1 amide bonds. The molecule has 0 unspecified atom stereocenters. The molecule has 10 nitrogen and oxygen atoms in total. The number of ether oxygens (including phenoxy) is 1. The van der Waals surface area contributed by atoms with Crippen LogP contribution in [0.25, 0.3) is 10.2 Å². The molecule has 0 saturated heterocycles. The minimum absolute atomic E-state index is 0.0526. The van der Waals surface area contributed by atoms with E-state index in [9.17, 15) is 23.3 Å². The lowest BCUT2D eigenvalue weighted by Crippen LogP contribution is -2.30. The Morgan fingerprint density at radius 1 is 1.14 bits per heavy atom. The molecular formula is C23H20N4O6S2. The first-order chi connectivity index (χ1) is 16.7. The number of nitro groups is 1. The van der Waals surface area contributed by atoms with Crippen LogP contribution in [0.5, 0.6) is 5.75 Å². The molecule has 0 fully saturated rings. The zero-order valence-corrected chi connectivity index (χ0v) is 20.3. The van der Waals surface area contributed by atoms with Crippen molar-refractivity contribution >= 4 is 54.0 Å². The number of fused-ring (bicyclic) bond motifs is 1. The summed E-state index contributed by atoms with van der Waals surface area (Å²) < 4.78 is 33.2. The smallest absolute Gasteiger partial charge is 0.274 e. The van der Waals surface area contributed by atoms with E-state index >= 15 is 0 Å². The Morgan fingerprint density at radius 2 is 1.83 bits per heavy atom. The van der Waals surface area contributed by atoms with Gasteiger partial charge in [-0.05, 0) is 43.3 Å². The van der Waals surface area contributed by atoms with Gasteiger partial charge in [-0.2, -0.15) is 0 Å². The number of carbonyl (C=O) groups is 1. The molecule has 0 atom stereocenters. The van der Waals surface area contributed by atoms with Crippen LogP contribution in [0.3, 0.4) is 0 Å². The molecule has 4 aromatic rings. The van der Waals surface area contributed by atoms with Gasteiger partial charge in [0.25, 0.3) is 21.6 Å². The summed E-state index contributed by atoms with van der Waals surface area (Å²) >= 11 is 1.06. The molecule has 0 bridgehead atoms. The standard InChI is InChI=1S/C23H20N4O6S2/c1-3-26(16-7-5-4-6-8-16)35(31,32)18-11-9-15(10-12-18)22(28)25-23-24-21-19(33-2)13-17(27(29)30)14-20(21)34-23/h4-14H,3H2,1-2H3,(H,24,25,28). The summed E-state index contributed by atoms with van der Waals surface area (Å²) in [6.45, 7) is 1.99. The van der Waals surface area contributed by atoms with Crippen molar-refractivity contribution in [2.75, 3.05) is 23.3 Å². The van der Waals surface area contributed by atoms with Gasteiger partial charge in [0, 0.05) is 18.2 Å². The molecule has 35 heavy (non-hydrogen) atoms. The van der Waals surface area contributed by atoms with Crippen molar-refractivity contribution in [2.24, 2.45) is 0 Å². The molecule has 1 heterocycles. The highest BCUT2D eigenvalue weighted by molar-refractivity contribution is 7.92. The van der Waals surface area contributed by atoms with E-state index in [1.165, 1.54) is 47.8 Å². The van der Waals surface area contributed by atoms with Crippen molar-refractivity contribution in [1.82, 2.24) is 4.98 Å². The number of aromatic nitrogens is 1. The molecule has 4 rings (SSSR count). The number of hydrogen-bond acceptors (Lipinski definition) is 8. The number of sulfonamides is 1. The zero-order chi connectivity index (χ0) is 25.2. The number of carbonyl (C=O) groups excluding carboxylic acids is 1. The number of thiazole rings is 1. The number of benzene rings is 3. The van der Waals surface area contributed by atoms with E-state index < -0.39 is 20.9 Å². The van der Waals surface area contributed by atoms with E-state index in [0.29, 0.717) is 15.9 Å². The maximum absolute atomic E-state index is 13.1. The van der Waals surface area contributed by atoms with Crippen LogP contribution < -0.4 is 14.4 Å². The van der Waals surface area contributed by atoms with Crippen molar-refractivity contribution in [1.29, 1.82) is 0 Å². The molecule has 1 N–H and O–H groups in total. The van der Waals surface area contributed by atoms with Crippen molar-refractivity contribution < 1.29 is 22.9 Å². The Bertz CT molecular complexity index is 1500. The van der Waals surface area contributed by atoms with Crippen LogP contribution in [0.4, 0.5) is 16.5 Å². The second kappa shape index (κ2) is 9.68. The second-order valence-electron chi connectivity index (χ2n) is 7.25. The van der Waals surface area contributed by atoms with Gasteiger partial charge >= 0.3 is 0 Å². The minimum atomic E-state index is -3.82. The first kappa shape index (κ1) is 24.1. The number of nitrogens with zero attached hydrogens (tertiary/aromatic N) is 3. The number of para-hydroxylation sites is 1. The van der Waals surface area contributed by atoms with E-state index in [4.69, 9.17) is 4.74 Å². The third kappa shape index (κ3) is 4.79. The number of anilines is 2. The average molecular weight is 513 g/mol. The fourth-order valence-corrected chi connectivity index (χ4v) is 5.85. The summed E-state index contributed by atoms with van der Waals surface area (Å²) in [5, 5.41) is 14.0. The average Bonchev–Trinajstić information content (AvgIpc) is 3.26. The van der Waals surface area contributed by atoms with Gasteiger partial charge in [0.2, 0.25) is 0 Å². The Morgan fingerprint density at radius 3 is 2.43 bits per heavy atom. The summed E-state index contributed by atoms with van der Waals surface area (Å²) in [6.07, 6.45) is 0. The number of amides is 1. The Hall–Kier alpha value is -4.03. The predicted octanol–water partition coefficient (Wildman–Crippen LogP) is 4.68. The van der Waals surface area contributed by atoms with Gasteiger partial charge < -0.3 is 4.74 Å². The van der Waals surface area contributed by atoms with E-state index in [2.05, 4.69) is 10.3 Å². The number of nitrogens with one attached hydrogen (secondary N) is 1. The first-order valence-corrected chi connectivity index (χ1v) is 12.6. The topological polar surface area (TPSA) is 132 Å². The van der Waals surface area contributed by atoms with E-state index in [0.717, 1.165) is 11.3 Å². The van der Waals surface area contributed by atoms with Crippen LogP contribution >= 0.6 is 11.3 Å². The maximum Gasteiger partial charge on any atom is 0.274 e. The van der Waals surface area contributed by atoms with Gasteiger partial charge in [-0.25, -0.2) is 13.4 Å². The van der Waals surface area contributed by atoms with Gasteiger partial charge in [0.05, 0.1) is 33.4 Å². The highest BCUT2D eigenvalue weighted by Gasteiger charge is 2.24. The van der Waals surface area contributed by atoms with Crippen LogP contribution in [0.1, 0.15) is 17.3 Å². The van der Waals surface area contributed by atoms with Crippen LogP contribution in [0, 0.1) is 10.1 Å². The molecule has 0 saturated carbocycles. The van der Waals surface area contributed by atoms with Gasteiger partial charge in [0.1, 0.15) is 5.52 Å². The Balaban J connectivity index is 1.56. The third-order valence-corrected chi connectivity index (χ3v) is 7.97. The zero-order valence-electron chi connectivity index (χ0n) is 18.7. The first-order valence-electron chi connectivity index (χ1n) is 10.4. The molecule has 0 aliphatic rings. The van der Waals surface area contributed by atoms with Crippen molar-refractivity contribution in [2.45, 2.75) is 11.8 Å². The normalized spacial score (nSPS) is 11.3. The lowest BCUT2D eigenvalue weighted by atomic mass is 10.2. The highest BCUT2D eigenvalue weighted by Crippen LogP contribution is 2.36. The number of methoxy groups -OCH3 is 1. The molecular weight excluding hydrogens is 492 g/mol. The largest absolute Gasteiger partial charge is 0.494 e. The number of rotatable bonds is 8. The van der Waals surface area contributed by atoms with Crippen LogP contribution in [0.15, 0.2) is 71.6 Å². The van der Waals surface area contributed by atoms with Crippen molar-refractivity contribution in [3.05, 3.63) is 82.4 Å². The van der Waals surface area contributed by atoms with E-state index in [1.54, 1.807) is 37.3 Å². The highest BCUT2D eigenvalue weighted by atomic mass is 32.2. The molecule has 12 heteroatoms. The van der Waals surface area contributed by atoms with E-state index in [1.807, 2.05) is 0 Å². The third-order valence-electron chi connectivity index (χ3n) is 5.13. The Labute approximate surface area is 205 Å². The number of hydrogen-bond donors (Lipinski definition) is 1. The summed E-state index contributed by atoms with van der Waals surface area (Å²) in [7, 11) is -2.44. The molecule has 0 aliphatic heterocycles. The molecule has 3 aromatic carbocycles. The second-order valence-corrected chi connectivity index (χ2v) is 10.1. The predicted molar refractivity (Wildman–Crippen MR) is 134 cm³/mol. The van der Waals surface area contributed by atoms with Gasteiger partial charge in [-0.3, -0.25) is 24.5 Å². The monoisotopic (exact) mass is 512 g/mol. The number of nitro benzene ring substituents is 1. The lowest BCUT2D eigenvalue weighted by Gasteiger charge is -2.22. The summed E-state index contributed by atoms with van der Waals surface area (Å²) in [4.78, 5) is 27.7. The quantitative estimate of drug-likeness (QED) is 0.268. The molecule has 0 aliphatic carbocycles. The van der Waals surface area contributed by atoms with Gasteiger partial charge in [0.15, 0.2) is 10.9 Å². The van der Waals surface area contributed by atoms with Crippen LogP contribution in [-0.2, 0) is 10.0 Å². The SMILES string of the molecule is CCN(c1ccccc1)S(=O)(=O)c1ccc(C(=O)Nc2nc3c(OC)cc([N+](=O)[O-])cc3s2)cc1. The van der Waals surface area contributed by atoms with Crippen LogP contribution in [0.2, 0.25) is 0 Å². The summed E-state index contributed by atoms with van der Waals surface area (Å²) in [6, 6.07) is 17.0.